The molecule has 2 aromatic rings. The Morgan fingerprint density at radius 2 is 1.82 bits per heavy atom. The van der Waals surface area contributed by atoms with Crippen LogP contribution in [0.1, 0.15) is 24.5 Å². The van der Waals surface area contributed by atoms with Crippen LogP contribution >= 0.6 is 11.6 Å². The molecule has 0 radical (unpaired) electrons. The van der Waals surface area contributed by atoms with Crippen molar-refractivity contribution in [2.75, 3.05) is 17.2 Å². The van der Waals surface area contributed by atoms with Gasteiger partial charge in [0.1, 0.15) is 0 Å². The smallest absolute Gasteiger partial charge is 0.226 e. The van der Waals surface area contributed by atoms with Crippen molar-refractivity contribution in [3.05, 3.63) is 58.6 Å². The second-order valence-electron chi connectivity index (χ2n) is 5.15. The Hall–Kier alpha value is -2.00. The molecule has 22 heavy (non-hydrogen) atoms. The van der Waals surface area contributed by atoms with Gasteiger partial charge in [0.05, 0.1) is 0 Å². The summed E-state index contributed by atoms with van der Waals surface area (Å²) < 4.78 is 0. The average molecular weight is 317 g/mol. The summed E-state index contributed by atoms with van der Waals surface area (Å²) in [5, 5.41) is 6.95. The maximum atomic E-state index is 12.0. The van der Waals surface area contributed by atoms with Crippen molar-refractivity contribution in [1.82, 2.24) is 0 Å². The number of halogens is 1. The summed E-state index contributed by atoms with van der Waals surface area (Å²) in [5.74, 6) is 0.00748. The van der Waals surface area contributed by atoms with E-state index in [1.165, 1.54) is 0 Å². The molecule has 0 atom stereocenters. The zero-order valence-corrected chi connectivity index (χ0v) is 13.7. The predicted molar refractivity (Wildman–Crippen MR) is 93.7 cm³/mol. The molecule has 0 aliphatic carbocycles. The molecule has 0 aromatic heterocycles. The number of para-hydroxylation sites is 1. The van der Waals surface area contributed by atoms with Gasteiger partial charge in [-0.3, -0.25) is 4.79 Å². The third kappa shape index (κ3) is 4.25. The number of carbonyl (C=O) groups excluding carboxylic acids is 1. The summed E-state index contributed by atoms with van der Waals surface area (Å²) in [6, 6.07) is 13.6. The maximum Gasteiger partial charge on any atom is 0.226 e. The summed E-state index contributed by atoms with van der Waals surface area (Å²) in [6.07, 6.45) is 1.31. The Morgan fingerprint density at radius 3 is 2.59 bits per heavy atom. The van der Waals surface area contributed by atoms with Gasteiger partial charge in [0.25, 0.3) is 0 Å². The van der Waals surface area contributed by atoms with Crippen LogP contribution in [0.15, 0.2) is 42.5 Å². The summed E-state index contributed by atoms with van der Waals surface area (Å²) >= 11 is 6.08. The van der Waals surface area contributed by atoms with E-state index in [1.54, 1.807) is 0 Å². The van der Waals surface area contributed by atoms with E-state index in [2.05, 4.69) is 17.6 Å². The molecule has 0 bridgehead atoms. The van der Waals surface area contributed by atoms with Crippen LogP contribution in [0.2, 0.25) is 5.02 Å². The van der Waals surface area contributed by atoms with Gasteiger partial charge in [0, 0.05) is 29.4 Å². The highest BCUT2D eigenvalue weighted by Gasteiger charge is 2.06. The van der Waals surface area contributed by atoms with Crippen LogP contribution in [0, 0.1) is 6.92 Å². The Morgan fingerprint density at radius 1 is 1.09 bits per heavy atom. The number of benzene rings is 2. The number of aryl methyl sites for hydroxylation is 1. The molecule has 0 unspecified atom stereocenters. The van der Waals surface area contributed by atoms with Crippen LogP contribution in [0.3, 0.4) is 0 Å². The Labute approximate surface area is 136 Å². The van der Waals surface area contributed by atoms with E-state index < -0.39 is 0 Å². The molecule has 0 aliphatic heterocycles. The number of hydrogen-bond donors (Lipinski definition) is 2. The largest absolute Gasteiger partial charge is 0.384 e. The van der Waals surface area contributed by atoms with Crippen molar-refractivity contribution in [3.63, 3.8) is 0 Å². The SMILES string of the molecule is CCc1ccccc1NC(=O)CCNc1cccc(Cl)c1C. The van der Waals surface area contributed by atoms with E-state index in [0.717, 1.165) is 33.9 Å². The van der Waals surface area contributed by atoms with Crippen LogP contribution < -0.4 is 10.6 Å². The Bertz CT molecular complexity index is 655. The first kappa shape index (κ1) is 16.4. The van der Waals surface area contributed by atoms with E-state index in [-0.39, 0.29) is 5.91 Å². The average Bonchev–Trinajstić information content (AvgIpc) is 2.52. The summed E-state index contributed by atoms with van der Waals surface area (Å²) in [4.78, 5) is 12.0. The second-order valence-corrected chi connectivity index (χ2v) is 5.56. The first-order valence-corrected chi connectivity index (χ1v) is 7.86. The van der Waals surface area contributed by atoms with Gasteiger partial charge in [0.15, 0.2) is 0 Å². The molecule has 0 aliphatic rings. The summed E-state index contributed by atoms with van der Waals surface area (Å²) in [7, 11) is 0. The molecular weight excluding hydrogens is 296 g/mol. The Balaban J connectivity index is 1.87. The van der Waals surface area contributed by atoms with Gasteiger partial charge in [-0.25, -0.2) is 0 Å². The van der Waals surface area contributed by atoms with Crippen LogP contribution in [0.5, 0.6) is 0 Å². The highest BCUT2D eigenvalue weighted by Crippen LogP contribution is 2.22. The minimum absolute atomic E-state index is 0.00748. The van der Waals surface area contributed by atoms with Crippen molar-refractivity contribution in [1.29, 1.82) is 0 Å². The van der Waals surface area contributed by atoms with Gasteiger partial charge in [-0.2, -0.15) is 0 Å². The van der Waals surface area contributed by atoms with E-state index in [4.69, 9.17) is 11.6 Å². The Kier molecular flexibility index (Phi) is 5.84. The fourth-order valence-electron chi connectivity index (χ4n) is 2.27. The molecule has 0 saturated carbocycles. The van der Waals surface area contributed by atoms with E-state index in [9.17, 15) is 4.79 Å². The molecule has 0 fully saturated rings. The summed E-state index contributed by atoms with van der Waals surface area (Å²) in [6.45, 7) is 4.61. The minimum Gasteiger partial charge on any atom is -0.384 e. The second kappa shape index (κ2) is 7.85. The molecule has 2 N–H and O–H groups in total. The van der Waals surface area contributed by atoms with E-state index in [0.29, 0.717) is 13.0 Å². The quantitative estimate of drug-likeness (QED) is 0.814. The highest BCUT2D eigenvalue weighted by molar-refractivity contribution is 6.31. The molecule has 1 amide bonds. The number of anilines is 2. The number of carbonyl (C=O) groups is 1. The normalized spacial score (nSPS) is 10.3. The lowest BCUT2D eigenvalue weighted by atomic mass is 10.1. The lowest BCUT2D eigenvalue weighted by molar-refractivity contribution is -0.115. The highest BCUT2D eigenvalue weighted by atomic mass is 35.5. The zero-order chi connectivity index (χ0) is 15.9. The molecule has 2 aromatic carbocycles. The number of nitrogens with one attached hydrogen (secondary N) is 2. The number of rotatable bonds is 6. The molecule has 0 saturated heterocycles. The van der Waals surface area contributed by atoms with Crippen molar-refractivity contribution < 1.29 is 4.79 Å². The van der Waals surface area contributed by atoms with Gasteiger partial charge in [0.2, 0.25) is 5.91 Å². The molecule has 4 heteroatoms. The lowest BCUT2D eigenvalue weighted by Crippen LogP contribution is -2.17. The van der Waals surface area contributed by atoms with Crippen LogP contribution in [0.25, 0.3) is 0 Å². The molecule has 116 valence electrons. The number of hydrogen-bond acceptors (Lipinski definition) is 2. The summed E-state index contributed by atoms with van der Waals surface area (Å²) in [5.41, 5.74) is 4.01. The van der Waals surface area contributed by atoms with E-state index in [1.807, 2.05) is 49.4 Å². The van der Waals surface area contributed by atoms with Gasteiger partial charge >= 0.3 is 0 Å². The first-order chi connectivity index (χ1) is 10.6. The third-order valence-electron chi connectivity index (χ3n) is 3.61. The fourth-order valence-corrected chi connectivity index (χ4v) is 2.45. The standard InChI is InChI=1S/C18H21ClN2O/c1-3-14-7-4-5-9-17(14)21-18(22)11-12-20-16-10-6-8-15(19)13(16)2/h4-10,20H,3,11-12H2,1-2H3,(H,21,22). The van der Waals surface area contributed by atoms with Crippen LogP contribution in [0.4, 0.5) is 11.4 Å². The molecule has 2 rings (SSSR count). The van der Waals surface area contributed by atoms with Gasteiger partial charge in [-0.05, 0) is 42.7 Å². The lowest BCUT2D eigenvalue weighted by Gasteiger charge is -2.12. The van der Waals surface area contributed by atoms with Crippen molar-refractivity contribution >= 4 is 28.9 Å². The van der Waals surface area contributed by atoms with Gasteiger partial charge < -0.3 is 10.6 Å². The van der Waals surface area contributed by atoms with Crippen molar-refractivity contribution in [2.45, 2.75) is 26.7 Å². The van der Waals surface area contributed by atoms with Crippen LogP contribution in [-0.4, -0.2) is 12.5 Å². The monoisotopic (exact) mass is 316 g/mol. The molecule has 3 nitrogen and oxygen atoms in total. The van der Waals surface area contributed by atoms with E-state index >= 15 is 0 Å². The fraction of sp³-hybridized carbons (Fsp3) is 0.278. The van der Waals surface area contributed by atoms with Crippen LogP contribution in [-0.2, 0) is 11.2 Å². The topological polar surface area (TPSA) is 41.1 Å². The van der Waals surface area contributed by atoms with Gasteiger partial charge in [-0.15, -0.1) is 0 Å². The minimum atomic E-state index is 0.00748. The van der Waals surface area contributed by atoms with Gasteiger partial charge in [-0.1, -0.05) is 42.8 Å². The predicted octanol–water partition coefficient (Wildman–Crippen LogP) is 4.65. The maximum absolute atomic E-state index is 12.0. The molecular formula is C18H21ClN2O. The zero-order valence-electron chi connectivity index (χ0n) is 12.9. The molecule has 0 heterocycles. The number of amides is 1. The molecule has 0 spiro atoms. The first-order valence-electron chi connectivity index (χ1n) is 7.48. The van der Waals surface area contributed by atoms with Crippen molar-refractivity contribution in [3.8, 4) is 0 Å². The third-order valence-corrected chi connectivity index (χ3v) is 4.02. The van der Waals surface area contributed by atoms with Crippen molar-refractivity contribution in [2.24, 2.45) is 0 Å².